The van der Waals surface area contributed by atoms with Gasteiger partial charge in [-0.05, 0) is 0 Å². The predicted molar refractivity (Wildman–Crippen MR) is 308 cm³/mol. The van der Waals surface area contributed by atoms with Crippen molar-refractivity contribution in [2.24, 2.45) is 0 Å². The minimum absolute atomic E-state index is 0.0661. The van der Waals surface area contributed by atoms with Gasteiger partial charge in [0.25, 0.3) is 0 Å². The molecule has 6 aliphatic carbocycles. The van der Waals surface area contributed by atoms with Crippen molar-refractivity contribution in [3.8, 4) is 0 Å². The summed E-state index contributed by atoms with van der Waals surface area (Å²) in [7, 11) is 46.6. The van der Waals surface area contributed by atoms with Crippen LogP contribution in [-0.4, -0.2) is 198 Å². The Morgan fingerprint density at radius 2 is 0.551 bits per heavy atom. The summed E-state index contributed by atoms with van der Waals surface area (Å²) < 4.78 is 186. The zero-order valence-corrected chi connectivity index (χ0v) is 53.3. The molecule has 0 spiro atoms. The second kappa shape index (κ2) is 44.7. The molecule has 24 nitrogen and oxygen atoms in total. The topological polar surface area (TPSA) is 316 Å². The van der Waals surface area contributed by atoms with Gasteiger partial charge in [-0.1, -0.05) is 0 Å². The molecule has 30 atom stereocenters. The molecule has 0 aromatic rings. The third kappa shape index (κ3) is 21.8. The summed E-state index contributed by atoms with van der Waals surface area (Å²) in [6.07, 6.45) is -1.71. The first kappa shape index (κ1) is 78.3. The molecule has 6 rings (SSSR count). The van der Waals surface area contributed by atoms with Gasteiger partial charge in [0.15, 0.2) is 0 Å². The van der Waals surface area contributed by atoms with Gasteiger partial charge < -0.3 is 0 Å². The summed E-state index contributed by atoms with van der Waals surface area (Å²) in [6, 6.07) is 0. The normalized spacial score (nSPS) is 39.2. The molecule has 0 amide bonds. The van der Waals surface area contributed by atoms with Crippen LogP contribution in [0.2, 0.25) is 34.9 Å². The average Bonchev–Trinajstić information content (AvgIpc) is 4.35. The second-order valence-electron chi connectivity index (χ2n) is 17.4. The van der Waals surface area contributed by atoms with Crippen LogP contribution in [0.5, 0.6) is 0 Å². The SMILES string of the molecule is [B]O[C@@H]1C[C@H](B=O)[C@H](P=O)[C@@H]1OP.[B]O[C@@H]1C[C@H](P=O)[C@@H](B=O)[C@H]1OP.[B]O[C@@H]1C[C@H](P=O)[C@H](B=O)[C@@H]1OP.[B]O[C@@H]1[C@H](P=O)[C@@H](B=O)C[C@H]1OP.[B]O[C@H]1[C@@H](B=O)[C@@H](P=O)C[C@H]1OP.[B]O[C@H]1[C@@H](P=O)[C@@H](B=O)C[C@H]1OP. The van der Waals surface area contributed by atoms with E-state index in [4.69, 9.17) is 75.4 Å². The molecule has 0 saturated heterocycles. The molecule has 48 heteroatoms. The molecule has 0 heterocycles. The Morgan fingerprint density at radius 1 is 0.295 bits per heavy atom. The van der Waals surface area contributed by atoms with Crippen LogP contribution in [0.4, 0.5) is 0 Å². The summed E-state index contributed by atoms with van der Waals surface area (Å²) in [4.78, 5) is 0. The van der Waals surface area contributed by atoms with Gasteiger partial charge in [-0.25, -0.2) is 0 Å². The van der Waals surface area contributed by atoms with Crippen LogP contribution in [-0.2, 0) is 111 Å². The predicted octanol–water partition coefficient (Wildman–Crippen LogP) is 3.20. The van der Waals surface area contributed by atoms with Crippen molar-refractivity contribution in [1.29, 1.82) is 0 Å². The standard InChI is InChI=1S/6C5H8B2O4P2/c6-10-5-2(11-12)1-3(13-9)4(5)7-8;2*6-10-2-1-3(13-9)4(7-8)5(2)11-12;2*6-10-4-3(11-12)1-2(7-8)5(4)13-9;6-10-3-1-2(7-8)5(13-9)4(3)11-12/h6*2-5H,1,12H2/t2*2-,3+,4+,5-;2-,3+,4-,5+;2-,3+,4+,5-;2-,3+,4-,5+;2-,3+,4+,5-/m111000/s1. The molecular formula is C30H48B12O24P12. The molecule has 0 bridgehead atoms. The van der Waals surface area contributed by atoms with E-state index in [1.807, 2.05) is 0 Å². The van der Waals surface area contributed by atoms with E-state index in [0.29, 0.717) is 38.5 Å². The third-order valence-electron chi connectivity index (χ3n) is 13.7. The van der Waals surface area contributed by atoms with E-state index in [1.54, 1.807) is 0 Å². The molecule has 12 radical (unpaired) electrons. The van der Waals surface area contributed by atoms with Crippen molar-refractivity contribution in [3.05, 3.63) is 0 Å². The summed E-state index contributed by atoms with van der Waals surface area (Å²) in [5, 5.41) is 0. The van der Waals surface area contributed by atoms with Crippen LogP contribution in [0.3, 0.4) is 0 Å². The molecule has 0 aromatic heterocycles. The average molecular weight is 1290 g/mol. The van der Waals surface area contributed by atoms with Crippen molar-refractivity contribution in [2.45, 2.75) is 181 Å². The van der Waals surface area contributed by atoms with Gasteiger partial charge in [0.05, 0.1) is 0 Å². The fourth-order valence-corrected chi connectivity index (χ4v) is 15.7. The summed E-state index contributed by atoms with van der Waals surface area (Å²) in [5.74, 6) is -2.19. The Balaban J connectivity index is 0.000000468. The maximum atomic E-state index is 10.8. The molecule has 6 fully saturated rings. The Kier molecular flexibility index (Phi) is 44.8. The Morgan fingerprint density at radius 3 is 0.782 bits per heavy atom. The van der Waals surface area contributed by atoms with Crippen LogP contribution >= 0.6 is 108 Å². The summed E-state index contributed by atoms with van der Waals surface area (Å²) >= 11 is 0. The van der Waals surface area contributed by atoms with E-state index in [9.17, 15) is 55.6 Å². The Labute approximate surface area is 487 Å². The van der Waals surface area contributed by atoms with E-state index in [1.165, 1.54) is 0 Å². The zero-order valence-electron chi connectivity index (χ0n) is 41.0. The maximum absolute atomic E-state index is 10.8. The first-order valence-electron chi connectivity index (χ1n) is 22.6. The molecule has 408 valence electrons. The molecule has 6 aliphatic rings. The second-order valence-corrected chi connectivity index (χ2v) is 24.1. The summed E-state index contributed by atoms with van der Waals surface area (Å²) in [6.45, 7) is 0. The van der Waals surface area contributed by atoms with Crippen molar-refractivity contribution in [2.75, 3.05) is 0 Å². The first-order chi connectivity index (χ1) is 37.7. The van der Waals surface area contributed by atoms with E-state index in [-0.39, 0.29) is 127 Å². The van der Waals surface area contributed by atoms with Gasteiger partial charge in [-0.15, -0.1) is 0 Å². The van der Waals surface area contributed by atoms with Gasteiger partial charge in [0.2, 0.25) is 0 Å². The molecule has 6 unspecified atom stereocenters. The van der Waals surface area contributed by atoms with Gasteiger partial charge in [0.1, 0.15) is 0 Å². The van der Waals surface area contributed by atoms with Gasteiger partial charge in [0, 0.05) is 0 Å². The molecule has 0 aromatic carbocycles. The van der Waals surface area contributed by atoms with Crippen LogP contribution in [0.1, 0.15) is 38.5 Å². The van der Waals surface area contributed by atoms with Crippen LogP contribution < -0.4 is 0 Å². The van der Waals surface area contributed by atoms with Crippen LogP contribution in [0.25, 0.3) is 0 Å². The van der Waals surface area contributed by atoms with E-state index in [0.717, 1.165) is 42.9 Å². The van der Waals surface area contributed by atoms with Crippen molar-refractivity contribution in [1.82, 2.24) is 0 Å². The van der Waals surface area contributed by atoms with Crippen molar-refractivity contribution >= 4 is 199 Å². The van der Waals surface area contributed by atoms with Crippen LogP contribution in [0.15, 0.2) is 0 Å². The van der Waals surface area contributed by atoms with Crippen LogP contribution in [0, 0.1) is 0 Å². The first-order valence-corrected chi connectivity index (χ1v) is 30.7. The van der Waals surface area contributed by atoms with Gasteiger partial charge >= 0.3 is 490 Å². The molecule has 78 heavy (non-hydrogen) atoms. The zero-order chi connectivity index (χ0) is 59.1. The van der Waals surface area contributed by atoms with Gasteiger partial charge in [-0.2, -0.15) is 0 Å². The number of hydrogen-bond acceptors (Lipinski definition) is 24. The van der Waals surface area contributed by atoms with E-state index < -0.39 is 65.4 Å². The van der Waals surface area contributed by atoms with Crippen molar-refractivity contribution in [3.63, 3.8) is 0 Å². The molecule has 0 aliphatic heterocycles. The molecular weight excluding hydrogens is 1250 g/mol. The van der Waals surface area contributed by atoms with Gasteiger partial charge in [-0.3, -0.25) is 0 Å². The quantitative estimate of drug-likeness (QED) is 0.0989. The summed E-state index contributed by atoms with van der Waals surface area (Å²) in [5.41, 5.74) is -1.91. The molecule has 0 N–H and O–H groups in total. The monoisotopic (exact) mass is 1300 g/mol. The molecule has 6 saturated carbocycles. The Bertz CT molecular complexity index is 1560. The van der Waals surface area contributed by atoms with Crippen molar-refractivity contribution < 1.29 is 111 Å². The Hall–Kier alpha value is 2.28. The minimum atomic E-state index is -0.499. The number of hydrogen-bond donors (Lipinski definition) is 0. The fraction of sp³-hybridized carbons (Fsp3) is 1.00. The van der Waals surface area contributed by atoms with E-state index >= 15 is 0 Å². The number of rotatable bonds is 24. The third-order valence-corrected chi connectivity index (χ3v) is 20.9. The van der Waals surface area contributed by atoms with E-state index in [2.05, 4.69) is 84.7 Å². The fourth-order valence-electron chi connectivity index (χ4n) is 9.51.